The zero-order valence-corrected chi connectivity index (χ0v) is 6.08. The molecule has 2 nitrogen and oxygen atoms in total. The Kier molecular flexibility index (Phi) is 1.91. The fraction of sp³-hybridized carbons (Fsp3) is 0.875. The summed E-state index contributed by atoms with van der Waals surface area (Å²) in [5.74, 6) is 0. The van der Waals surface area contributed by atoms with Crippen molar-refractivity contribution in [2.24, 2.45) is 0 Å². The second kappa shape index (κ2) is 2.89. The topological polar surface area (TPSA) is 18.5 Å². The fourth-order valence-electron chi connectivity index (χ4n) is 1.67. The van der Waals surface area contributed by atoms with E-state index < -0.39 is 0 Å². The van der Waals surface area contributed by atoms with Crippen molar-refractivity contribution < 1.29 is 9.47 Å². The van der Waals surface area contributed by atoms with Crippen LogP contribution in [0.4, 0.5) is 0 Å². The van der Waals surface area contributed by atoms with Crippen LogP contribution in [0.2, 0.25) is 0 Å². The van der Waals surface area contributed by atoms with Gasteiger partial charge in [-0.3, -0.25) is 0 Å². The Bertz CT molecular complexity index is 87.8. The SMILES string of the molecule is [CH]1CCC2OCCOC2C1. The van der Waals surface area contributed by atoms with Crippen LogP contribution in [-0.2, 0) is 9.47 Å². The molecule has 10 heavy (non-hydrogen) atoms. The van der Waals surface area contributed by atoms with E-state index in [0.717, 1.165) is 26.1 Å². The van der Waals surface area contributed by atoms with Gasteiger partial charge in [0.25, 0.3) is 0 Å². The van der Waals surface area contributed by atoms with Gasteiger partial charge in [-0.2, -0.15) is 0 Å². The van der Waals surface area contributed by atoms with Gasteiger partial charge in [0.1, 0.15) is 0 Å². The molecular formula is C8H13O2. The maximum atomic E-state index is 5.54. The van der Waals surface area contributed by atoms with Gasteiger partial charge in [-0.1, -0.05) is 0 Å². The standard InChI is InChI=1S/C8H13O2/c1-2-4-8-7(3-1)9-5-6-10-8/h1,7-8H,2-6H2. The summed E-state index contributed by atoms with van der Waals surface area (Å²) >= 11 is 0. The van der Waals surface area contributed by atoms with Crippen LogP contribution >= 0.6 is 0 Å². The Labute approximate surface area is 61.5 Å². The van der Waals surface area contributed by atoms with E-state index in [1.54, 1.807) is 0 Å². The predicted octanol–water partition coefficient (Wildman–Crippen LogP) is 1.16. The molecule has 57 valence electrons. The number of hydrogen-bond acceptors (Lipinski definition) is 2. The molecule has 1 aliphatic heterocycles. The monoisotopic (exact) mass is 141 g/mol. The van der Waals surface area contributed by atoms with Crippen LogP contribution in [0.3, 0.4) is 0 Å². The number of rotatable bonds is 0. The van der Waals surface area contributed by atoms with Crippen LogP contribution in [0.1, 0.15) is 19.3 Å². The minimum Gasteiger partial charge on any atom is -0.373 e. The molecule has 2 heteroatoms. The van der Waals surface area contributed by atoms with Crippen LogP contribution in [0.5, 0.6) is 0 Å². The molecule has 1 saturated heterocycles. The first-order chi connectivity index (χ1) is 4.97. The van der Waals surface area contributed by atoms with E-state index in [-0.39, 0.29) is 0 Å². The zero-order chi connectivity index (χ0) is 6.81. The average molecular weight is 141 g/mol. The Morgan fingerprint density at radius 1 is 1.10 bits per heavy atom. The maximum Gasteiger partial charge on any atom is 0.0840 e. The number of hydrogen-bond donors (Lipinski definition) is 0. The normalized spacial score (nSPS) is 40.8. The molecule has 2 aliphatic rings. The summed E-state index contributed by atoms with van der Waals surface area (Å²) in [7, 11) is 0. The second-order valence-electron chi connectivity index (χ2n) is 2.92. The molecule has 2 fully saturated rings. The molecule has 0 spiro atoms. The minimum atomic E-state index is 0.377. The van der Waals surface area contributed by atoms with Crippen LogP contribution in [0.15, 0.2) is 0 Å². The molecule has 0 bridgehead atoms. The van der Waals surface area contributed by atoms with Crippen LogP contribution < -0.4 is 0 Å². The highest BCUT2D eigenvalue weighted by atomic mass is 16.6. The Morgan fingerprint density at radius 2 is 1.90 bits per heavy atom. The lowest BCUT2D eigenvalue weighted by atomic mass is 9.94. The van der Waals surface area contributed by atoms with Gasteiger partial charge >= 0.3 is 0 Å². The highest BCUT2D eigenvalue weighted by Crippen LogP contribution is 2.25. The summed E-state index contributed by atoms with van der Waals surface area (Å²) in [5.41, 5.74) is 0. The fourth-order valence-corrected chi connectivity index (χ4v) is 1.67. The van der Waals surface area contributed by atoms with Crippen LogP contribution in [-0.4, -0.2) is 25.4 Å². The lowest BCUT2D eigenvalue weighted by Crippen LogP contribution is -2.40. The molecule has 0 aromatic rings. The van der Waals surface area contributed by atoms with Gasteiger partial charge in [0.2, 0.25) is 0 Å². The molecule has 2 rings (SSSR count). The van der Waals surface area contributed by atoms with Gasteiger partial charge in [-0.25, -0.2) is 0 Å². The van der Waals surface area contributed by atoms with Gasteiger partial charge in [0.05, 0.1) is 25.4 Å². The van der Waals surface area contributed by atoms with E-state index in [1.165, 1.54) is 6.42 Å². The Morgan fingerprint density at radius 3 is 2.70 bits per heavy atom. The average Bonchev–Trinajstić information content (AvgIpc) is 2.05. The molecule has 1 radical (unpaired) electrons. The quantitative estimate of drug-likeness (QED) is 0.504. The van der Waals surface area contributed by atoms with E-state index in [2.05, 4.69) is 6.42 Å². The third-order valence-corrected chi connectivity index (χ3v) is 2.22. The van der Waals surface area contributed by atoms with E-state index in [1.807, 2.05) is 0 Å². The number of fused-ring (bicyclic) bond motifs is 1. The van der Waals surface area contributed by atoms with E-state index >= 15 is 0 Å². The van der Waals surface area contributed by atoms with Crippen molar-refractivity contribution >= 4 is 0 Å². The molecule has 0 N–H and O–H groups in total. The predicted molar refractivity (Wildman–Crippen MR) is 37.6 cm³/mol. The Balaban J connectivity index is 1.93. The van der Waals surface area contributed by atoms with Gasteiger partial charge in [0.15, 0.2) is 0 Å². The summed E-state index contributed by atoms with van der Waals surface area (Å²) in [6.45, 7) is 1.58. The highest BCUT2D eigenvalue weighted by Gasteiger charge is 2.29. The van der Waals surface area contributed by atoms with E-state index in [9.17, 15) is 0 Å². The first-order valence-corrected chi connectivity index (χ1v) is 4.02. The third-order valence-electron chi connectivity index (χ3n) is 2.22. The second-order valence-corrected chi connectivity index (χ2v) is 2.92. The van der Waals surface area contributed by atoms with Gasteiger partial charge in [-0.05, 0) is 25.7 Å². The third kappa shape index (κ3) is 1.18. The summed E-state index contributed by atoms with van der Waals surface area (Å²) in [6, 6.07) is 0. The van der Waals surface area contributed by atoms with Crippen molar-refractivity contribution in [3.05, 3.63) is 6.42 Å². The molecule has 1 saturated carbocycles. The van der Waals surface area contributed by atoms with Gasteiger partial charge < -0.3 is 9.47 Å². The van der Waals surface area contributed by atoms with Crippen molar-refractivity contribution in [3.63, 3.8) is 0 Å². The summed E-state index contributed by atoms with van der Waals surface area (Å²) in [4.78, 5) is 0. The van der Waals surface area contributed by atoms with Crippen LogP contribution in [0.25, 0.3) is 0 Å². The molecule has 1 aliphatic carbocycles. The smallest absolute Gasteiger partial charge is 0.0840 e. The maximum absolute atomic E-state index is 5.54. The summed E-state index contributed by atoms with van der Waals surface area (Å²) in [6.07, 6.45) is 6.52. The van der Waals surface area contributed by atoms with Crippen LogP contribution in [0, 0.1) is 6.42 Å². The molecular weight excluding hydrogens is 128 g/mol. The first kappa shape index (κ1) is 6.62. The highest BCUT2D eigenvalue weighted by molar-refractivity contribution is 4.86. The molecule has 0 aromatic carbocycles. The molecule has 2 atom stereocenters. The lowest BCUT2D eigenvalue weighted by Gasteiger charge is -2.35. The minimum absolute atomic E-state index is 0.377. The van der Waals surface area contributed by atoms with Crippen molar-refractivity contribution in [3.8, 4) is 0 Å². The van der Waals surface area contributed by atoms with Crippen molar-refractivity contribution in [2.75, 3.05) is 13.2 Å². The van der Waals surface area contributed by atoms with Gasteiger partial charge in [-0.15, -0.1) is 0 Å². The first-order valence-electron chi connectivity index (χ1n) is 4.02. The van der Waals surface area contributed by atoms with E-state index in [4.69, 9.17) is 9.47 Å². The van der Waals surface area contributed by atoms with Crippen molar-refractivity contribution in [2.45, 2.75) is 31.5 Å². The molecule has 1 heterocycles. The zero-order valence-electron chi connectivity index (χ0n) is 6.08. The van der Waals surface area contributed by atoms with E-state index in [0.29, 0.717) is 12.2 Å². The van der Waals surface area contributed by atoms with Crippen molar-refractivity contribution in [1.29, 1.82) is 0 Å². The Hall–Kier alpha value is -0.0800. The summed E-state index contributed by atoms with van der Waals surface area (Å²) < 4.78 is 11.1. The lowest BCUT2D eigenvalue weighted by molar-refractivity contribution is -0.147. The number of ether oxygens (including phenoxy) is 2. The summed E-state index contributed by atoms with van der Waals surface area (Å²) in [5, 5.41) is 0. The molecule has 2 unspecified atom stereocenters. The largest absolute Gasteiger partial charge is 0.373 e. The van der Waals surface area contributed by atoms with Gasteiger partial charge in [0, 0.05) is 0 Å². The molecule has 0 amide bonds. The van der Waals surface area contributed by atoms with Crippen molar-refractivity contribution in [1.82, 2.24) is 0 Å². The molecule has 0 aromatic heterocycles.